The minimum Gasteiger partial charge on any atom is -0.277 e. The fourth-order valence-electron chi connectivity index (χ4n) is 2.80. The number of imide groups is 2. The molecule has 1 N–H and O–H groups in total. The number of amides is 4. The Balaban J connectivity index is 2.32. The van der Waals surface area contributed by atoms with Gasteiger partial charge in [-0.15, -0.1) is 6.58 Å². The van der Waals surface area contributed by atoms with E-state index in [-0.39, 0.29) is 12.5 Å². The van der Waals surface area contributed by atoms with Crippen LogP contribution in [0.3, 0.4) is 0 Å². The maximum Gasteiger partial charge on any atom is 0.331 e. The van der Waals surface area contributed by atoms with Crippen molar-refractivity contribution in [2.75, 3.05) is 6.54 Å². The zero-order valence-electron chi connectivity index (χ0n) is 10.4. The van der Waals surface area contributed by atoms with Crippen LogP contribution in [-0.4, -0.2) is 29.3 Å². The van der Waals surface area contributed by atoms with Gasteiger partial charge in [0.15, 0.2) is 0 Å². The molecule has 0 aromatic carbocycles. The molecule has 1 saturated carbocycles. The highest BCUT2D eigenvalue weighted by Gasteiger charge is 2.52. The molecule has 5 heteroatoms. The highest BCUT2D eigenvalue weighted by atomic mass is 16.2. The third kappa shape index (κ3) is 1.94. The van der Waals surface area contributed by atoms with Gasteiger partial charge in [0.2, 0.25) is 11.8 Å². The molecule has 0 atom stereocenters. The Morgan fingerprint density at radius 1 is 1.17 bits per heavy atom. The van der Waals surface area contributed by atoms with Crippen molar-refractivity contribution in [1.82, 2.24) is 10.2 Å². The van der Waals surface area contributed by atoms with Gasteiger partial charge >= 0.3 is 6.03 Å². The quantitative estimate of drug-likeness (QED) is 0.598. The average Bonchev–Trinajstić information content (AvgIpc) is 2.59. The first kappa shape index (κ1) is 12.8. The van der Waals surface area contributed by atoms with Crippen LogP contribution in [0.25, 0.3) is 0 Å². The van der Waals surface area contributed by atoms with Gasteiger partial charge in [-0.1, -0.05) is 31.8 Å². The largest absolute Gasteiger partial charge is 0.331 e. The predicted octanol–water partition coefficient (Wildman–Crippen LogP) is 1.59. The Bertz CT molecular complexity index is 395. The molecule has 0 aromatic rings. The predicted molar refractivity (Wildman–Crippen MR) is 65.6 cm³/mol. The Morgan fingerprint density at radius 3 is 2.33 bits per heavy atom. The van der Waals surface area contributed by atoms with Crippen LogP contribution in [0.5, 0.6) is 0 Å². The van der Waals surface area contributed by atoms with Gasteiger partial charge in [0, 0.05) is 6.54 Å². The number of barbiturate groups is 1. The summed E-state index contributed by atoms with van der Waals surface area (Å²) in [7, 11) is 0. The molecule has 1 aliphatic heterocycles. The summed E-state index contributed by atoms with van der Waals surface area (Å²) in [6, 6.07) is -0.625. The van der Waals surface area contributed by atoms with Crippen molar-refractivity contribution in [3.05, 3.63) is 12.7 Å². The molecule has 2 fully saturated rings. The third-order valence-electron chi connectivity index (χ3n) is 3.82. The number of urea groups is 1. The molecule has 0 aromatic heterocycles. The van der Waals surface area contributed by atoms with E-state index in [0.717, 1.165) is 30.6 Å². The van der Waals surface area contributed by atoms with E-state index in [2.05, 4.69) is 11.9 Å². The highest BCUT2D eigenvalue weighted by molar-refractivity contribution is 6.19. The Kier molecular flexibility index (Phi) is 3.50. The summed E-state index contributed by atoms with van der Waals surface area (Å²) in [5, 5.41) is 2.31. The standard InChI is InChI=1S/C13H18N2O3/c1-2-9-15-11(17)13(10(16)14-12(15)18)7-5-3-4-6-8-13/h2H,1,3-9H2,(H,14,16,18). The van der Waals surface area contributed by atoms with Crippen LogP contribution in [0.4, 0.5) is 4.79 Å². The summed E-state index contributed by atoms with van der Waals surface area (Å²) >= 11 is 0. The molecular formula is C13H18N2O3. The summed E-state index contributed by atoms with van der Waals surface area (Å²) in [6.07, 6.45) is 6.37. The molecular weight excluding hydrogens is 232 g/mol. The van der Waals surface area contributed by atoms with E-state index in [1.54, 1.807) is 0 Å². The number of nitrogens with zero attached hydrogens (tertiary/aromatic N) is 1. The minimum absolute atomic E-state index is 0.152. The van der Waals surface area contributed by atoms with Crippen LogP contribution in [0.2, 0.25) is 0 Å². The summed E-state index contributed by atoms with van der Waals surface area (Å²) in [6.45, 7) is 3.69. The lowest BCUT2D eigenvalue weighted by molar-refractivity contribution is -0.152. The van der Waals surface area contributed by atoms with Crippen LogP contribution in [0.1, 0.15) is 38.5 Å². The smallest absolute Gasteiger partial charge is 0.277 e. The topological polar surface area (TPSA) is 66.5 Å². The van der Waals surface area contributed by atoms with Crippen molar-refractivity contribution in [3.8, 4) is 0 Å². The summed E-state index contributed by atoms with van der Waals surface area (Å²) < 4.78 is 0. The number of carbonyl (C=O) groups excluding carboxylic acids is 3. The van der Waals surface area contributed by atoms with Crippen LogP contribution < -0.4 is 5.32 Å². The second-order valence-corrected chi connectivity index (χ2v) is 4.96. The SMILES string of the molecule is C=CCN1C(=O)NC(=O)C2(CCCCCC2)C1=O. The van der Waals surface area contributed by atoms with Crippen molar-refractivity contribution in [2.24, 2.45) is 5.41 Å². The maximum absolute atomic E-state index is 12.5. The van der Waals surface area contributed by atoms with Crippen LogP contribution in [-0.2, 0) is 9.59 Å². The Morgan fingerprint density at radius 2 is 1.78 bits per heavy atom. The average molecular weight is 250 g/mol. The van der Waals surface area contributed by atoms with E-state index >= 15 is 0 Å². The van der Waals surface area contributed by atoms with Crippen molar-refractivity contribution in [1.29, 1.82) is 0 Å². The van der Waals surface area contributed by atoms with Crippen LogP contribution >= 0.6 is 0 Å². The number of carbonyl (C=O) groups is 3. The molecule has 5 nitrogen and oxygen atoms in total. The van der Waals surface area contributed by atoms with Crippen LogP contribution in [0.15, 0.2) is 12.7 Å². The molecule has 1 spiro atoms. The molecule has 18 heavy (non-hydrogen) atoms. The summed E-state index contributed by atoms with van der Waals surface area (Å²) in [4.78, 5) is 37.3. The fourth-order valence-corrected chi connectivity index (χ4v) is 2.80. The monoisotopic (exact) mass is 250 g/mol. The molecule has 2 rings (SSSR count). The van der Waals surface area contributed by atoms with Gasteiger partial charge < -0.3 is 0 Å². The normalized spacial score (nSPS) is 23.8. The Hall–Kier alpha value is -1.65. The third-order valence-corrected chi connectivity index (χ3v) is 3.82. The van der Waals surface area contributed by atoms with Gasteiger partial charge in [-0.2, -0.15) is 0 Å². The van der Waals surface area contributed by atoms with E-state index in [0.29, 0.717) is 12.8 Å². The molecule has 98 valence electrons. The number of rotatable bonds is 2. The van der Waals surface area contributed by atoms with Gasteiger partial charge in [0.25, 0.3) is 0 Å². The second kappa shape index (κ2) is 4.92. The molecule has 4 amide bonds. The lowest BCUT2D eigenvalue weighted by Gasteiger charge is -2.38. The van der Waals surface area contributed by atoms with Gasteiger partial charge in [-0.3, -0.25) is 19.8 Å². The van der Waals surface area contributed by atoms with Gasteiger partial charge in [0.1, 0.15) is 5.41 Å². The minimum atomic E-state index is -1.02. The summed E-state index contributed by atoms with van der Waals surface area (Å²) in [5.74, 6) is -0.766. The van der Waals surface area contributed by atoms with Gasteiger partial charge in [-0.25, -0.2) is 4.79 Å². The first-order chi connectivity index (χ1) is 8.62. The maximum atomic E-state index is 12.5. The molecule has 1 aliphatic carbocycles. The van der Waals surface area contributed by atoms with Gasteiger partial charge in [0.05, 0.1) is 0 Å². The van der Waals surface area contributed by atoms with E-state index in [1.807, 2.05) is 0 Å². The van der Waals surface area contributed by atoms with Gasteiger partial charge in [-0.05, 0) is 12.8 Å². The van der Waals surface area contributed by atoms with Crippen LogP contribution in [0, 0.1) is 5.41 Å². The van der Waals surface area contributed by atoms with Crippen molar-refractivity contribution in [2.45, 2.75) is 38.5 Å². The molecule has 0 unspecified atom stereocenters. The second-order valence-electron chi connectivity index (χ2n) is 4.96. The van der Waals surface area contributed by atoms with Crippen molar-refractivity contribution < 1.29 is 14.4 Å². The Labute approximate surface area is 106 Å². The number of nitrogens with one attached hydrogen (secondary N) is 1. The zero-order valence-corrected chi connectivity index (χ0v) is 10.4. The van der Waals surface area contributed by atoms with E-state index in [4.69, 9.17) is 0 Å². The highest BCUT2D eigenvalue weighted by Crippen LogP contribution is 2.38. The molecule has 0 bridgehead atoms. The first-order valence-electron chi connectivity index (χ1n) is 6.40. The molecule has 0 radical (unpaired) electrons. The first-order valence-corrected chi connectivity index (χ1v) is 6.40. The van der Waals surface area contributed by atoms with E-state index in [1.165, 1.54) is 6.08 Å². The molecule has 1 heterocycles. The van der Waals surface area contributed by atoms with Crippen molar-refractivity contribution >= 4 is 17.8 Å². The number of hydrogen-bond acceptors (Lipinski definition) is 3. The van der Waals surface area contributed by atoms with Crippen molar-refractivity contribution in [3.63, 3.8) is 0 Å². The lowest BCUT2D eigenvalue weighted by Crippen LogP contribution is -2.63. The summed E-state index contributed by atoms with van der Waals surface area (Å²) in [5.41, 5.74) is -1.02. The van der Waals surface area contributed by atoms with E-state index < -0.39 is 17.4 Å². The molecule has 1 saturated heterocycles. The van der Waals surface area contributed by atoms with E-state index in [9.17, 15) is 14.4 Å². The zero-order chi connectivity index (χ0) is 13.2. The number of hydrogen-bond donors (Lipinski definition) is 1. The lowest BCUT2D eigenvalue weighted by atomic mass is 9.77. The molecule has 2 aliphatic rings. The fraction of sp³-hybridized carbons (Fsp3) is 0.615.